The molecule has 51 heavy (non-hydrogen) atoms. The maximum Gasteiger partial charge on any atom is 0.135 e. The third kappa shape index (κ3) is 5.60. The number of amidine groups is 1. The molecular weight excluding hydrogens is 627 g/mol. The number of rotatable bonds is 8. The minimum Gasteiger partial charge on any atom is -0.460 e. The zero-order chi connectivity index (χ0) is 34.3. The van der Waals surface area contributed by atoms with Crippen LogP contribution in [0.4, 0.5) is 0 Å². The van der Waals surface area contributed by atoms with Gasteiger partial charge in [-0.05, 0) is 77.8 Å². The fraction of sp³-hybridized carbons (Fsp3) is 0.152. The number of nitrogens with zero attached hydrogens (tertiary/aromatic N) is 1. The molecule has 9 rings (SSSR count). The van der Waals surface area contributed by atoms with Crippen LogP contribution in [0, 0.1) is 0 Å². The molecule has 5 nitrogen and oxygen atoms in total. The van der Waals surface area contributed by atoms with E-state index in [4.69, 9.17) is 19.6 Å². The molecule has 2 heterocycles. The van der Waals surface area contributed by atoms with E-state index in [2.05, 4.69) is 128 Å². The summed E-state index contributed by atoms with van der Waals surface area (Å²) >= 11 is 0. The fourth-order valence-corrected chi connectivity index (χ4v) is 7.99. The molecule has 2 atom stereocenters. The molecule has 0 fully saturated rings. The normalized spacial score (nSPS) is 15.6. The summed E-state index contributed by atoms with van der Waals surface area (Å²) in [6, 6.07) is 44.1. The molecule has 0 saturated carbocycles. The quantitative estimate of drug-likeness (QED) is 0.125. The summed E-state index contributed by atoms with van der Waals surface area (Å²) < 4.78 is 12.8. The Labute approximate surface area is 297 Å². The Bertz CT molecular complexity index is 2470. The van der Waals surface area contributed by atoms with Crippen LogP contribution in [0.1, 0.15) is 71.3 Å². The molecule has 0 spiro atoms. The number of aliphatic imine (C=N–C) groups is 1. The Hall–Kier alpha value is -5.91. The largest absolute Gasteiger partial charge is 0.460 e. The monoisotopic (exact) mass is 665 g/mol. The van der Waals surface area contributed by atoms with Crippen LogP contribution < -0.4 is 11.1 Å². The zero-order valence-electron chi connectivity index (χ0n) is 28.6. The van der Waals surface area contributed by atoms with Crippen LogP contribution in [-0.4, -0.2) is 5.84 Å². The molecule has 2 aliphatic rings. The molecule has 7 aromatic rings. The van der Waals surface area contributed by atoms with Gasteiger partial charge in [-0.2, -0.15) is 0 Å². The maximum absolute atomic E-state index is 7.16. The van der Waals surface area contributed by atoms with E-state index in [1.54, 1.807) is 0 Å². The lowest BCUT2D eigenvalue weighted by Crippen LogP contribution is -2.28. The topological polar surface area (TPSA) is 76.7 Å². The smallest absolute Gasteiger partial charge is 0.135 e. The third-order valence-electron chi connectivity index (χ3n) is 10.4. The number of furan rings is 2. The van der Waals surface area contributed by atoms with E-state index in [0.717, 1.165) is 81.6 Å². The van der Waals surface area contributed by atoms with Crippen LogP contribution in [0.3, 0.4) is 0 Å². The van der Waals surface area contributed by atoms with Crippen LogP contribution in [0.2, 0.25) is 0 Å². The molecule has 250 valence electrons. The number of benzene rings is 5. The van der Waals surface area contributed by atoms with Crippen molar-refractivity contribution in [1.82, 2.24) is 5.32 Å². The van der Waals surface area contributed by atoms with Gasteiger partial charge in [-0.15, -0.1) is 0 Å². The van der Waals surface area contributed by atoms with Crippen molar-refractivity contribution in [3.05, 3.63) is 178 Å². The number of para-hydroxylation sites is 1. The molecule has 2 aliphatic carbocycles. The number of hydrogen-bond acceptors (Lipinski definition) is 4. The van der Waals surface area contributed by atoms with Crippen molar-refractivity contribution in [2.75, 3.05) is 0 Å². The molecule has 2 unspecified atom stereocenters. The van der Waals surface area contributed by atoms with Crippen LogP contribution in [0.25, 0.3) is 44.7 Å². The lowest BCUT2D eigenvalue weighted by molar-refractivity contribution is 0.481. The van der Waals surface area contributed by atoms with Crippen LogP contribution >= 0.6 is 0 Å². The van der Waals surface area contributed by atoms with Crippen LogP contribution in [0.15, 0.2) is 153 Å². The number of fused-ring (bicyclic) bond motifs is 6. The molecule has 0 saturated heterocycles. The molecule has 0 amide bonds. The highest BCUT2D eigenvalue weighted by Crippen LogP contribution is 2.44. The van der Waals surface area contributed by atoms with E-state index in [1.807, 2.05) is 24.3 Å². The molecule has 5 heteroatoms. The van der Waals surface area contributed by atoms with Gasteiger partial charge in [-0.3, -0.25) is 5.32 Å². The lowest BCUT2D eigenvalue weighted by Gasteiger charge is -2.26. The van der Waals surface area contributed by atoms with Crippen molar-refractivity contribution in [2.24, 2.45) is 10.7 Å². The van der Waals surface area contributed by atoms with Gasteiger partial charge < -0.3 is 14.6 Å². The Morgan fingerprint density at radius 1 is 0.706 bits per heavy atom. The van der Waals surface area contributed by atoms with Crippen molar-refractivity contribution >= 4 is 39.4 Å². The predicted molar refractivity (Wildman–Crippen MR) is 208 cm³/mol. The van der Waals surface area contributed by atoms with E-state index in [0.29, 0.717) is 5.84 Å². The second kappa shape index (κ2) is 13.1. The zero-order valence-corrected chi connectivity index (χ0v) is 28.6. The van der Waals surface area contributed by atoms with Crippen molar-refractivity contribution in [3.8, 4) is 11.1 Å². The van der Waals surface area contributed by atoms with Crippen LogP contribution in [0.5, 0.6) is 0 Å². The van der Waals surface area contributed by atoms with Gasteiger partial charge >= 0.3 is 0 Å². The number of hydrogen-bond donors (Lipinski definition) is 2. The Morgan fingerprint density at radius 3 is 2.20 bits per heavy atom. The van der Waals surface area contributed by atoms with E-state index < -0.39 is 6.17 Å². The van der Waals surface area contributed by atoms with Gasteiger partial charge in [0.2, 0.25) is 0 Å². The minimum absolute atomic E-state index is 0.0746. The summed E-state index contributed by atoms with van der Waals surface area (Å²) in [5, 5.41) is 6.22. The molecule has 0 bridgehead atoms. The van der Waals surface area contributed by atoms with Gasteiger partial charge in [0.15, 0.2) is 0 Å². The number of nitrogens with one attached hydrogen (secondary N) is 1. The maximum atomic E-state index is 7.16. The van der Waals surface area contributed by atoms with Crippen molar-refractivity contribution in [1.29, 1.82) is 0 Å². The van der Waals surface area contributed by atoms with Crippen molar-refractivity contribution < 1.29 is 8.83 Å². The lowest BCUT2D eigenvalue weighted by atomic mass is 9.84. The second-order valence-corrected chi connectivity index (χ2v) is 13.5. The second-order valence-electron chi connectivity index (χ2n) is 13.5. The Balaban J connectivity index is 1.17. The highest BCUT2D eigenvalue weighted by atomic mass is 16.3. The van der Waals surface area contributed by atoms with Gasteiger partial charge in [0, 0.05) is 39.9 Å². The first-order valence-corrected chi connectivity index (χ1v) is 17.9. The average molecular weight is 666 g/mol. The SMILES string of the molecule is CC(NC(N=C(N)C1=C(c2ccccc2)c2c(oc3ccccc23)CC1)c1ccccc1)c1ccc2oc3c(c2c1-c1ccccc1)CCC=C3. The number of aryl methyl sites for hydroxylation is 2. The van der Waals surface area contributed by atoms with Gasteiger partial charge in [0.1, 0.15) is 34.7 Å². The first-order valence-electron chi connectivity index (χ1n) is 17.9. The van der Waals surface area contributed by atoms with E-state index in [1.165, 1.54) is 27.6 Å². The predicted octanol–water partition coefficient (Wildman–Crippen LogP) is 11.0. The standard InChI is InChI=1S/C46H39N3O2/c1-29(33-25-27-39-43(34-21-11-13-23-37(34)50-39)41(33)30-15-5-2-6-16-30)48-46(32-19-9-4-10-20-32)49-45(47)36-26-28-40-44(35-22-12-14-24-38(35)51-40)42(36)31-17-7-3-8-18-31/h2-10,12-20,22-25,27,29,46,48H,11,21,26,28H2,1H3,(H2,47,49). The first kappa shape index (κ1) is 31.1. The molecule has 5 aromatic carbocycles. The third-order valence-corrected chi connectivity index (χ3v) is 10.4. The summed E-state index contributed by atoms with van der Waals surface area (Å²) in [6.45, 7) is 2.22. The van der Waals surface area contributed by atoms with E-state index in [9.17, 15) is 0 Å². The summed E-state index contributed by atoms with van der Waals surface area (Å²) in [5.41, 5.74) is 19.2. The van der Waals surface area contributed by atoms with Gasteiger partial charge in [-0.25, -0.2) is 4.99 Å². The minimum atomic E-state index is -0.395. The highest BCUT2D eigenvalue weighted by Gasteiger charge is 2.29. The average Bonchev–Trinajstić information content (AvgIpc) is 3.76. The van der Waals surface area contributed by atoms with Gasteiger partial charge in [0.05, 0.1) is 0 Å². The number of allylic oxidation sites excluding steroid dienone is 1. The van der Waals surface area contributed by atoms with Crippen molar-refractivity contribution in [3.63, 3.8) is 0 Å². The summed E-state index contributed by atoms with van der Waals surface area (Å²) in [6.07, 6.45) is 7.39. The number of nitrogens with two attached hydrogens (primary N) is 1. The molecule has 2 aromatic heterocycles. The molecular formula is C46H39N3O2. The van der Waals surface area contributed by atoms with Gasteiger partial charge in [0.25, 0.3) is 0 Å². The Kier molecular flexibility index (Phi) is 7.98. The fourth-order valence-electron chi connectivity index (χ4n) is 7.99. The summed E-state index contributed by atoms with van der Waals surface area (Å²) in [7, 11) is 0. The van der Waals surface area contributed by atoms with Crippen molar-refractivity contribution in [2.45, 2.75) is 44.8 Å². The molecule has 0 radical (unpaired) electrons. The first-order chi connectivity index (χ1) is 25.1. The highest BCUT2D eigenvalue weighted by molar-refractivity contribution is 6.11. The van der Waals surface area contributed by atoms with Crippen LogP contribution in [-0.2, 0) is 12.8 Å². The Morgan fingerprint density at radius 2 is 1.41 bits per heavy atom. The van der Waals surface area contributed by atoms with E-state index in [-0.39, 0.29) is 6.04 Å². The van der Waals surface area contributed by atoms with Gasteiger partial charge in [-0.1, -0.05) is 121 Å². The summed E-state index contributed by atoms with van der Waals surface area (Å²) in [5.74, 6) is 2.50. The van der Waals surface area contributed by atoms with E-state index >= 15 is 0 Å². The summed E-state index contributed by atoms with van der Waals surface area (Å²) in [4.78, 5) is 5.34. The molecule has 3 N–H and O–H groups in total. The molecule has 0 aliphatic heterocycles.